The molecule has 0 aromatic heterocycles. The van der Waals surface area contributed by atoms with E-state index in [-0.39, 0.29) is 12.1 Å². The smallest absolute Gasteiger partial charge is 0.124 e. The second kappa shape index (κ2) is 6.44. The van der Waals surface area contributed by atoms with Crippen LogP contribution in [0, 0.1) is 0 Å². The zero-order valence-corrected chi connectivity index (χ0v) is 12.2. The number of ether oxygens (including phenoxy) is 2. The highest BCUT2D eigenvalue weighted by Gasteiger charge is 2.15. The van der Waals surface area contributed by atoms with Crippen molar-refractivity contribution in [2.45, 2.75) is 26.0 Å². The van der Waals surface area contributed by atoms with Crippen molar-refractivity contribution in [2.24, 2.45) is 5.73 Å². The van der Waals surface area contributed by atoms with Gasteiger partial charge in [-0.2, -0.15) is 0 Å². The minimum Gasteiger partial charge on any atom is -0.497 e. The van der Waals surface area contributed by atoms with Crippen LogP contribution in [0.4, 0.5) is 0 Å². The number of benzene rings is 2. The number of para-hydroxylation sites is 1. The largest absolute Gasteiger partial charge is 0.497 e. The van der Waals surface area contributed by atoms with Gasteiger partial charge in [-0.05, 0) is 37.6 Å². The van der Waals surface area contributed by atoms with Crippen molar-refractivity contribution in [3.8, 4) is 11.5 Å². The first-order chi connectivity index (χ1) is 9.61. The SMILES string of the molecule is COc1cccc(C(N)c2ccccc2OC(C)C)c1. The fraction of sp³-hybridized carbons (Fsp3) is 0.294. The summed E-state index contributed by atoms with van der Waals surface area (Å²) in [5.74, 6) is 1.64. The van der Waals surface area contributed by atoms with Crippen LogP contribution in [0.3, 0.4) is 0 Å². The molecule has 3 nitrogen and oxygen atoms in total. The third kappa shape index (κ3) is 3.31. The summed E-state index contributed by atoms with van der Waals surface area (Å²) in [6.45, 7) is 4.02. The van der Waals surface area contributed by atoms with Crippen LogP contribution >= 0.6 is 0 Å². The van der Waals surface area contributed by atoms with Gasteiger partial charge < -0.3 is 15.2 Å². The van der Waals surface area contributed by atoms with E-state index in [9.17, 15) is 0 Å². The van der Waals surface area contributed by atoms with Gasteiger partial charge in [0.05, 0.1) is 19.3 Å². The van der Waals surface area contributed by atoms with Crippen LogP contribution in [0.1, 0.15) is 31.0 Å². The molecule has 0 saturated heterocycles. The molecule has 2 rings (SSSR count). The molecule has 0 aliphatic carbocycles. The molecule has 0 aliphatic heterocycles. The summed E-state index contributed by atoms with van der Waals surface area (Å²) >= 11 is 0. The molecule has 0 amide bonds. The van der Waals surface area contributed by atoms with Gasteiger partial charge in [-0.1, -0.05) is 30.3 Å². The normalized spacial score (nSPS) is 12.2. The molecule has 0 fully saturated rings. The summed E-state index contributed by atoms with van der Waals surface area (Å²) in [7, 11) is 1.65. The highest BCUT2D eigenvalue weighted by Crippen LogP contribution is 2.30. The first-order valence-corrected chi connectivity index (χ1v) is 6.77. The third-order valence-electron chi connectivity index (χ3n) is 3.07. The van der Waals surface area contributed by atoms with Crippen LogP contribution in [0.5, 0.6) is 11.5 Å². The lowest BCUT2D eigenvalue weighted by Gasteiger charge is -2.19. The van der Waals surface area contributed by atoms with E-state index >= 15 is 0 Å². The highest BCUT2D eigenvalue weighted by molar-refractivity contribution is 5.43. The maximum Gasteiger partial charge on any atom is 0.124 e. The molecule has 0 radical (unpaired) electrons. The Balaban J connectivity index is 2.34. The molecule has 2 aromatic rings. The molecule has 0 heterocycles. The maximum absolute atomic E-state index is 6.38. The molecule has 2 N–H and O–H groups in total. The minimum absolute atomic E-state index is 0.119. The first-order valence-electron chi connectivity index (χ1n) is 6.77. The Kier molecular flexibility index (Phi) is 4.64. The minimum atomic E-state index is -0.236. The lowest BCUT2D eigenvalue weighted by atomic mass is 9.98. The summed E-state index contributed by atoms with van der Waals surface area (Å²) < 4.78 is 11.1. The van der Waals surface area contributed by atoms with Crippen LogP contribution < -0.4 is 15.2 Å². The van der Waals surface area contributed by atoms with E-state index in [0.717, 1.165) is 22.6 Å². The average Bonchev–Trinajstić information content (AvgIpc) is 2.46. The standard InChI is InChI=1S/C17H21NO2/c1-12(2)20-16-10-5-4-9-15(16)17(18)13-7-6-8-14(11-13)19-3/h4-12,17H,18H2,1-3H3. The van der Waals surface area contributed by atoms with Crippen molar-refractivity contribution in [2.75, 3.05) is 7.11 Å². The Morgan fingerprint density at radius 1 is 1.00 bits per heavy atom. The second-order valence-electron chi connectivity index (χ2n) is 4.96. The number of hydrogen-bond donors (Lipinski definition) is 1. The van der Waals surface area contributed by atoms with Gasteiger partial charge in [0, 0.05) is 5.56 Å². The van der Waals surface area contributed by atoms with Crippen molar-refractivity contribution in [3.05, 3.63) is 59.7 Å². The topological polar surface area (TPSA) is 44.5 Å². The Labute approximate surface area is 120 Å². The Morgan fingerprint density at radius 3 is 2.45 bits per heavy atom. The number of rotatable bonds is 5. The quantitative estimate of drug-likeness (QED) is 0.904. The van der Waals surface area contributed by atoms with Gasteiger partial charge in [0.2, 0.25) is 0 Å². The molecule has 0 bridgehead atoms. The number of methoxy groups -OCH3 is 1. The fourth-order valence-corrected chi connectivity index (χ4v) is 2.11. The van der Waals surface area contributed by atoms with Crippen molar-refractivity contribution in [1.29, 1.82) is 0 Å². The highest BCUT2D eigenvalue weighted by atomic mass is 16.5. The summed E-state index contributed by atoms with van der Waals surface area (Å²) in [4.78, 5) is 0. The summed E-state index contributed by atoms with van der Waals surface area (Å²) in [5, 5.41) is 0. The third-order valence-corrected chi connectivity index (χ3v) is 3.07. The van der Waals surface area contributed by atoms with Gasteiger partial charge in [-0.25, -0.2) is 0 Å². The molecule has 0 spiro atoms. The van der Waals surface area contributed by atoms with E-state index in [1.165, 1.54) is 0 Å². The van der Waals surface area contributed by atoms with Crippen molar-refractivity contribution < 1.29 is 9.47 Å². The molecule has 106 valence electrons. The van der Waals surface area contributed by atoms with E-state index in [4.69, 9.17) is 15.2 Å². The predicted octanol–water partition coefficient (Wildman–Crippen LogP) is 3.53. The van der Waals surface area contributed by atoms with Crippen LogP contribution in [-0.2, 0) is 0 Å². The number of nitrogens with two attached hydrogens (primary N) is 1. The van der Waals surface area contributed by atoms with E-state index in [0.29, 0.717) is 0 Å². The van der Waals surface area contributed by atoms with Crippen molar-refractivity contribution in [3.63, 3.8) is 0 Å². The van der Waals surface area contributed by atoms with Crippen LogP contribution in [-0.4, -0.2) is 13.2 Å². The van der Waals surface area contributed by atoms with Gasteiger partial charge in [0.15, 0.2) is 0 Å². The fourth-order valence-electron chi connectivity index (χ4n) is 2.11. The van der Waals surface area contributed by atoms with Crippen molar-refractivity contribution >= 4 is 0 Å². The zero-order chi connectivity index (χ0) is 14.5. The summed E-state index contributed by atoms with van der Waals surface area (Å²) in [6.07, 6.45) is 0.119. The lowest BCUT2D eigenvalue weighted by molar-refractivity contribution is 0.239. The monoisotopic (exact) mass is 271 g/mol. The summed E-state index contributed by atoms with van der Waals surface area (Å²) in [5.41, 5.74) is 8.37. The van der Waals surface area contributed by atoms with E-state index in [1.807, 2.05) is 62.4 Å². The van der Waals surface area contributed by atoms with Gasteiger partial charge in [0.1, 0.15) is 11.5 Å². The van der Waals surface area contributed by atoms with Crippen LogP contribution in [0.2, 0.25) is 0 Å². The molecule has 0 saturated carbocycles. The Hall–Kier alpha value is -2.00. The Bertz CT molecular complexity index is 566. The molecular weight excluding hydrogens is 250 g/mol. The lowest BCUT2D eigenvalue weighted by Crippen LogP contribution is -2.15. The van der Waals surface area contributed by atoms with Crippen molar-refractivity contribution in [1.82, 2.24) is 0 Å². The molecule has 1 unspecified atom stereocenters. The van der Waals surface area contributed by atoms with Crippen LogP contribution in [0.15, 0.2) is 48.5 Å². The zero-order valence-electron chi connectivity index (χ0n) is 12.2. The van der Waals surface area contributed by atoms with E-state index in [2.05, 4.69) is 0 Å². The molecular formula is C17H21NO2. The predicted molar refractivity (Wildman–Crippen MR) is 81.2 cm³/mol. The van der Waals surface area contributed by atoms with Gasteiger partial charge in [-0.3, -0.25) is 0 Å². The van der Waals surface area contributed by atoms with E-state index < -0.39 is 0 Å². The summed E-state index contributed by atoms with van der Waals surface area (Å²) in [6, 6.07) is 15.5. The van der Waals surface area contributed by atoms with Gasteiger partial charge in [-0.15, -0.1) is 0 Å². The molecule has 1 atom stereocenters. The van der Waals surface area contributed by atoms with Crippen LogP contribution in [0.25, 0.3) is 0 Å². The molecule has 2 aromatic carbocycles. The second-order valence-corrected chi connectivity index (χ2v) is 4.96. The maximum atomic E-state index is 6.38. The molecule has 0 aliphatic rings. The van der Waals surface area contributed by atoms with E-state index in [1.54, 1.807) is 7.11 Å². The number of hydrogen-bond acceptors (Lipinski definition) is 3. The molecule has 20 heavy (non-hydrogen) atoms. The molecule has 3 heteroatoms. The Morgan fingerprint density at radius 2 is 1.75 bits per heavy atom. The first kappa shape index (κ1) is 14.4. The van der Waals surface area contributed by atoms with Gasteiger partial charge >= 0.3 is 0 Å². The van der Waals surface area contributed by atoms with Gasteiger partial charge in [0.25, 0.3) is 0 Å². The average molecular weight is 271 g/mol.